The van der Waals surface area contributed by atoms with Crippen LogP contribution in [-0.2, 0) is 15.9 Å². The zero-order valence-corrected chi connectivity index (χ0v) is 18.2. The summed E-state index contributed by atoms with van der Waals surface area (Å²) in [4.78, 5) is 5.42. The van der Waals surface area contributed by atoms with Gasteiger partial charge in [-0.05, 0) is 81.7 Å². The summed E-state index contributed by atoms with van der Waals surface area (Å²) in [7, 11) is -0.433. The molecular weight excluding hydrogens is 353 g/mol. The van der Waals surface area contributed by atoms with Gasteiger partial charge < -0.3 is 19.5 Å². The standard InChI is InChI=1S/C20H32BN5O2/c1-13-16(12-24-25-22)14(2)18(26-10-8-23-9-11-26)15(3)17(13)21-27-19(4,5)20(6,7)28-21/h23H,8-12H2,1-7H3. The maximum atomic E-state index is 8.89. The molecule has 7 nitrogen and oxygen atoms in total. The SMILES string of the molecule is Cc1c(CN=[N+]=[N-])c(C)c(N2CCNCC2)c(C)c1B1OC(C)(C)C(C)(C)O1. The molecule has 8 heteroatoms. The van der Waals surface area contributed by atoms with Crippen LogP contribution in [-0.4, -0.2) is 44.5 Å². The predicted molar refractivity (Wildman–Crippen MR) is 114 cm³/mol. The first-order valence-corrected chi connectivity index (χ1v) is 10.1. The molecule has 0 unspecified atom stereocenters. The van der Waals surface area contributed by atoms with Gasteiger partial charge in [0.15, 0.2) is 0 Å². The van der Waals surface area contributed by atoms with Crippen LogP contribution in [0.25, 0.3) is 10.4 Å². The average molecular weight is 385 g/mol. The van der Waals surface area contributed by atoms with Gasteiger partial charge in [-0.25, -0.2) is 0 Å². The highest BCUT2D eigenvalue weighted by Gasteiger charge is 2.52. The van der Waals surface area contributed by atoms with E-state index in [9.17, 15) is 0 Å². The van der Waals surface area contributed by atoms with Crippen LogP contribution >= 0.6 is 0 Å². The minimum absolute atomic E-state index is 0.333. The monoisotopic (exact) mass is 385 g/mol. The fraction of sp³-hybridized carbons (Fsp3) is 0.700. The number of anilines is 1. The Labute approximate surface area is 168 Å². The zero-order valence-electron chi connectivity index (χ0n) is 18.2. The van der Waals surface area contributed by atoms with Gasteiger partial charge in [-0.2, -0.15) is 0 Å². The summed E-state index contributed by atoms with van der Waals surface area (Å²) in [6, 6.07) is 0. The van der Waals surface area contributed by atoms with Gasteiger partial charge in [0, 0.05) is 36.8 Å². The smallest absolute Gasteiger partial charge is 0.399 e. The van der Waals surface area contributed by atoms with Crippen LogP contribution < -0.4 is 15.7 Å². The van der Waals surface area contributed by atoms with E-state index >= 15 is 0 Å². The van der Waals surface area contributed by atoms with E-state index < -0.39 is 18.3 Å². The molecular formula is C20H32BN5O2. The molecule has 0 spiro atoms. The van der Waals surface area contributed by atoms with Crippen molar-refractivity contribution in [1.29, 1.82) is 0 Å². The van der Waals surface area contributed by atoms with Crippen molar-refractivity contribution in [1.82, 2.24) is 5.32 Å². The highest BCUT2D eigenvalue weighted by atomic mass is 16.7. The van der Waals surface area contributed by atoms with Gasteiger partial charge >= 0.3 is 7.12 Å². The number of piperazine rings is 1. The molecule has 2 saturated heterocycles. The first-order chi connectivity index (χ1) is 13.1. The molecule has 28 heavy (non-hydrogen) atoms. The molecule has 0 atom stereocenters. The van der Waals surface area contributed by atoms with Crippen molar-refractivity contribution in [2.24, 2.45) is 5.11 Å². The normalized spacial score (nSPS) is 21.0. The molecule has 3 rings (SSSR count). The molecule has 0 bridgehead atoms. The van der Waals surface area contributed by atoms with Gasteiger partial charge in [-0.3, -0.25) is 0 Å². The first kappa shape index (κ1) is 21.0. The Morgan fingerprint density at radius 3 is 2.14 bits per heavy atom. The molecule has 0 aliphatic carbocycles. The lowest BCUT2D eigenvalue weighted by atomic mass is 9.70. The lowest BCUT2D eigenvalue weighted by molar-refractivity contribution is 0.00578. The van der Waals surface area contributed by atoms with E-state index in [4.69, 9.17) is 14.8 Å². The van der Waals surface area contributed by atoms with Crippen LogP contribution in [0.4, 0.5) is 5.69 Å². The fourth-order valence-electron chi connectivity index (χ4n) is 4.29. The van der Waals surface area contributed by atoms with Crippen molar-refractivity contribution in [3.05, 3.63) is 32.7 Å². The van der Waals surface area contributed by atoms with E-state index in [1.54, 1.807) is 0 Å². The Hall–Kier alpha value is -1.73. The molecule has 0 amide bonds. The number of nitrogens with zero attached hydrogens (tertiary/aromatic N) is 4. The van der Waals surface area contributed by atoms with E-state index in [2.05, 4.69) is 68.7 Å². The number of hydrogen-bond acceptors (Lipinski definition) is 5. The molecule has 2 fully saturated rings. The van der Waals surface area contributed by atoms with Gasteiger partial charge in [0.1, 0.15) is 0 Å². The summed E-state index contributed by atoms with van der Waals surface area (Å²) >= 11 is 0. The molecule has 0 aromatic heterocycles. The van der Waals surface area contributed by atoms with Gasteiger partial charge in [0.25, 0.3) is 0 Å². The molecule has 2 aliphatic rings. The number of hydrogen-bond donors (Lipinski definition) is 1. The number of nitrogens with one attached hydrogen (secondary N) is 1. The Kier molecular flexibility index (Phi) is 5.70. The maximum absolute atomic E-state index is 8.89. The molecule has 0 radical (unpaired) electrons. The van der Waals surface area contributed by atoms with Gasteiger partial charge in [0.2, 0.25) is 0 Å². The molecule has 1 N–H and O–H groups in total. The van der Waals surface area contributed by atoms with Crippen LogP contribution in [0.5, 0.6) is 0 Å². The maximum Gasteiger partial charge on any atom is 0.495 e. The second kappa shape index (κ2) is 7.60. The minimum Gasteiger partial charge on any atom is -0.399 e. The third-order valence-corrected chi connectivity index (χ3v) is 6.64. The predicted octanol–water partition coefficient (Wildman–Crippen LogP) is 3.13. The molecule has 0 saturated carbocycles. The second-order valence-electron chi connectivity index (χ2n) is 8.83. The van der Waals surface area contributed by atoms with Crippen molar-refractivity contribution in [3.63, 3.8) is 0 Å². The Balaban J connectivity index is 2.17. The fourth-order valence-corrected chi connectivity index (χ4v) is 4.29. The van der Waals surface area contributed by atoms with Crippen LogP contribution in [0, 0.1) is 20.8 Å². The van der Waals surface area contributed by atoms with E-state index in [-0.39, 0.29) is 0 Å². The number of azide groups is 1. The topological polar surface area (TPSA) is 82.5 Å². The Bertz CT molecular complexity index is 796. The molecule has 152 valence electrons. The van der Waals surface area contributed by atoms with Crippen molar-refractivity contribution in [3.8, 4) is 0 Å². The molecule has 2 aliphatic heterocycles. The van der Waals surface area contributed by atoms with Crippen molar-refractivity contribution in [2.75, 3.05) is 31.1 Å². The van der Waals surface area contributed by atoms with Gasteiger partial charge in [-0.1, -0.05) is 5.11 Å². The zero-order chi connectivity index (χ0) is 20.7. The minimum atomic E-state index is -0.433. The quantitative estimate of drug-likeness (QED) is 0.374. The number of benzene rings is 1. The van der Waals surface area contributed by atoms with E-state index in [1.807, 2.05) is 0 Å². The van der Waals surface area contributed by atoms with Crippen LogP contribution in [0.1, 0.15) is 49.9 Å². The van der Waals surface area contributed by atoms with Crippen molar-refractivity contribution >= 4 is 18.3 Å². The Morgan fingerprint density at radius 2 is 1.61 bits per heavy atom. The van der Waals surface area contributed by atoms with Crippen LogP contribution in [0.15, 0.2) is 5.11 Å². The molecule has 1 aromatic rings. The van der Waals surface area contributed by atoms with Crippen molar-refractivity contribution in [2.45, 2.75) is 66.2 Å². The lowest BCUT2D eigenvalue weighted by Gasteiger charge is -2.34. The summed E-state index contributed by atoms with van der Waals surface area (Å²) in [5, 5.41) is 7.29. The molecule has 2 heterocycles. The highest BCUT2D eigenvalue weighted by molar-refractivity contribution is 6.63. The van der Waals surface area contributed by atoms with Crippen molar-refractivity contribution < 1.29 is 9.31 Å². The Morgan fingerprint density at radius 1 is 1.04 bits per heavy atom. The second-order valence-corrected chi connectivity index (χ2v) is 8.83. The first-order valence-electron chi connectivity index (χ1n) is 10.1. The summed E-state index contributed by atoms with van der Waals surface area (Å²) < 4.78 is 12.8. The summed E-state index contributed by atoms with van der Waals surface area (Å²) in [5.74, 6) is 0. The van der Waals surface area contributed by atoms with E-state index in [0.717, 1.165) is 42.8 Å². The summed E-state index contributed by atoms with van der Waals surface area (Å²) in [5.41, 5.74) is 14.9. The van der Waals surface area contributed by atoms with E-state index in [1.165, 1.54) is 16.8 Å². The summed E-state index contributed by atoms with van der Waals surface area (Å²) in [6.45, 7) is 18.8. The van der Waals surface area contributed by atoms with Gasteiger partial charge in [-0.15, -0.1) is 0 Å². The van der Waals surface area contributed by atoms with Crippen LogP contribution in [0.3, 0.4) is 0 Å². The lowest BCUT2D eigenvalue weighted by Crippen LogP contribution is -2.46. The highest BCUT2D eigenvalue weighted by Crippen LogP contribution is 2.39. The van der Waals surface area contributed by atoms with E-state index in [0.29, 0.717) is 6.54 Å². The molecule has 1 aromatic carbocycles. The third-order valence-electron chi connectivity index (χ3n) is 6.64. The third kappa shape index (κ3) is 3.50. The van der Waals surface area contributed by atoms with Gasteiger partial charge in [0.05, 0.1) is 17.7 Å². The largest absolute Gasteiger partial charge is 0.495 e. The van der Waals surface area contributed by atoms with Crippen LogP contribution in [0.2, 0.25) is 0 Å². The number of rotatable bonds is 4. The average Bonchev–Trinajstić information content (AvgIpc) is 2.83. The summed E-state index contributed by atoms with van der Waals surface area (Å²) in [6.07, 6.45) is 0.